The Balaban J connectivity index is 3.12. The molecule has 0 saturated heterocycles. The van der Waals surface area contributed by atoms with E-state index in [1.165, 1.54) is 6.07 Å². The van der Waals surface area contributed by atoms with E-state index in [0.29, 0.717) is 0 Å². The van der Waals surface area contributed by atoms with Crippen LogP contribution >= 0.6 is 0 Å². The van der Waals surface area contributed by atoms with Crippen molar-refractivity contribution >= 4 is 16.3 Å². The highest BCUT2D eigenvalue weighted by Gasteiger charge is 2.19. The number of rotatable bonds is 4. The van der Waals surface area contributed by atoms with Crippen LogP contribution in [0.5, 0.6) is 5.75 Å². The molecular weight excluding hydrogens is 258 g/mol. The third-order valence-electron chi connectivity index (χ3n) is 1.91. The normalized spacial score (nSPS) is 11.4. The zero-order chi connectivity index (χ0) is 13.9. The van der Waals surface area contributed by atoms with Gasteiger partial charge in [0.2, 0.25) is 0 Å². The molecule has 0 aliphatic rings. The van der Waals surface area contributed by atoms with Gasteiger partial charge in [-0.3, -0.25) is 0 Å². The molecule has 0 amide bonds. The van der Waals surface area contributed by atoms with Gasteiger partial charge in [-0.1, -0.05) is 11.6 Å². The summed E-state index contributed by atoms with van der Waals surface area (Å²) in [5.74, 6) is -0.805. The molecule has 1 aromatic rings. The highest BCUT2D eigenvalue weighted by molar-refractivity contribution is 7.84. The van der Waals surface area contributed by atoms with Gasteiger partial charge in [0, 0.05) is 0 Å². The van der Waals surface area contributed by atoms with E-state index in [-0.39, 0.29) is 17.4 Å². The summed E-state index contributed by atoms with van der Waals surface area (Å²) in [4.78, 5) is 11.7. The van der Waals surface area contributed by atoms with Crippen molar-refractivity contribution in [1.82, 2.24) is 0 Å². The molecule has 6 nitrogen and oxygen atoms in total. The van der Waals surface area contributed by atoms with E-state index in [4.69, 9.17) is 4.74 Å². The van der Waals surface area contributed by atoms with E-state index >= 15 is 0 Å². The van der Waals surface area contributed by atoms with E-state index in [0.717, 1.165) is 5.56 Å². The van der Waals surface area contributed by atoms with E-state index in [1.54, 1.807) is 32.9 Å². The molecule has 0 spiro atoms. The van der Waals surface area contributed by atoms with Crippen molar-refractivity contribution in [2.24, 2.45) is 5.14 Å². The molecule has 0 fully saturated rings. The molecule has 0 bridgehead atoms. The number of carbonyl (C=O) groups excluding carboxylic acids is 1. The summed E-state index contributed by atoms with van der Waals surface area (Å²) in [6, 6.07) is 4.80. The molecular formula is C11H15NO5S. The molecule has 0 saturated carbocycles. The Morgan fingerprint density at radius 1 is 1.33 bits per heavy atom. The Morgan fingerprint density at radius 3 is 2.44 bits per heavy atom. The second kappa shape index (κ2) is 5.36. The van der Waals surface area contributed by atoms with Crippen molar-refractivity contribution in [3.8, 4) is 5.75 Å². The van der Waals surface area contributed by atoms with Crippen LogP contribution in [0.1, 0.15) is 29.8 Å². The highest BCUT2D eigenvalue weighted by atomic mass is 32.2. The van der Waals surface area contributed by atoms with E-state index in [2.05, 4.69) is 9.32 Å². The zero-order valence-corrected chi connectivity index (χ0v) is 11.2. The number of aryl methyl sites for hydroxylation is 1. The van der Waals surface area contributed by atoms with Crippen LogP contribution in [0.3, 0.4) is 0 Å². The second-order valence-corrected chi connectivity index (χ2v) is 5.18. The molecule has 0 aliphatic carbocycles. The van der Waals surface area contributed by atoms with Crippen molar-refractivity contribution in [1.29, 1.82) is 0 Å². The van der Waals surface area contributed by atoms with Gasteiger partial charge in [0.1, 0.15) is 11.3 Å². The Morgan fingerprint density at radius 2 is 1.94 bits per heavy atom. The minimum atomic E-state index is -4.33. The van der Waals surface area contributed by atoms with Crippen LogP contribution in [0.25, 0.3) is 0 Å². The monoisotopic (exact) mass is 273 g/mol. The molecule has 1 aromatic carbocycles. The van der Waals surface area contributed by atoms with Crippen molar-refractivity contribution < 1.29 is 22.1 Å². The third kappa shape index (κ3) is 4.34. The number of carbonyl (C=O) groups is 1. The van der Waals surface area contributed by atoms with Crippen LogP contribution in [0.15, 0.2) is 18.2 Å². The number of nitrogens with two attached hydrogens (primary N) is 1. The largest absolute Gasteiger partial charge is 0.490 e. The lowest BCUT2D eigenvalue weighted by Crippen LogP contribution is -2.21. The fraction of sp³-hybridized carbons (Fsp3) is 0.364. The van der Waals surface area contributed by atoms with Gasteiger partial charge in [0.25, 0.3) is 0 Å². The van der Waals surface area contributed by atoms with Gasteiger partial charge >= 0.3 is 16.3 Å². The van der Waals surface area contributed by atoms with E-state index in [9.17, 15) is 13.2 Å². The first kappa shape index (κ1) is 14.5. The molecule has 100 valence electrons. The lowest BCUT2D eigenvalue weighted by molar-refractivity contribution is 0.0740. The molecule has 2 N–H and O–H groups in total. The van der Waals surface area contributed by atoms with Gasteiger partial charge in [-0.15, -0.1) is 0 Å². The number of hydrogen-bond acceptors (Lipinski definition) is 5. The average molecular weight is 273 g/mol. The smallest absolute Gasteiger partial charge is 0.382 e. The first-order valence-corrected chi connectivity index (χ1v) is 6.70. The maximum Gasteiger partial charge on any atom is 0.382 e. The Labute approximate surface area is 106 Å². The van der Waals surface area contributed by atoms with Gasteiger partial charge in [-0.2, -0.15) is 13.6 Å². The van der Waals surface area contributed by atoms with Crippen molar-refractivity contribution in [2.45, 2.75) is 26.9 Å². The highest BCUT2D eigenvalue weighted by Crippen LogP contribution is 2.22. The van der Waals surface area contributed by atoms with Crippen LogP contribution in [0.2, 0.25) is 0 Å². The third-order valence-corrected chi connectivity index (χ3v) is 2.29. The van der Waals surface area contributed by atoms with Crippen LogP contribution in [-0.2, 0) is 14.5 Å². The van der Waals surface area contributed by atoms with Crippen LogP contribution in [0, 0.1) is 6.92 Å². The van der Waals surface area contributed by atoms with Crippen LogP contribution in [-0.4, -0.2) is 20.5 Å². The molecule has 0 unspecified atom stereocenters. The topological polar surface area (TPSA) is 95.7 Å². The SMILES string of the molecule is Cc1ccc(OC(C)C)c(C(=O)OS(N)(=O)=O)c1. The summed E-state index contributed by atoms with van der Waals surface area (Å²) in [6.07, 6.45) is -0.159. The summed E-state index contributed by atoms with van der Waals surface area (Å²) in [5.41, 5.74) is 0.796. The molecule has 0 aliphatic heterocycles. The molecule has 0 atom stereocenters. The number of benzene rings is 1. The van der Waals surface area contributed by atoms with Gasteiger partial charge in [-0.05, 0) is 32.9 Å². The van der Waals surface area contributed by atoms with Crippen molar-refractivity contribution in [3.63, 3.8) is 0 Å². The zero-order valence-electron chi connectivity index (χ0n) is 10.3. The first-order valence-electron chi connectivity index (χ1n) is 5.23. The fourth-order valence-electron chi connectivity index (χ4n) is 1.31. The minimum absolute atomic E-state index is 0.0257. The van der Waals surface area contributed by atoms with Crippen LogP contribution in [0.4, 0.5) is 0 Å². The molecule has 0 aromatic heterocycles. The molecule has 0 radical (unpaired) electrons. The maximum absolute atomic E-state index is 11.7. The molecule has 7 heteroatoms. The fourth-order valence-corrected chi connectivity index (χ4v) is 1.61. The van der Waals surface area contributed by atoms with Gasteiger partial charge in [0.05, 0.1) is 6.10 Å². The average Bonchev–Trinajstić information content (AvgIpc) is 2.17. The lowest BCUT2D eigenvalue weighted by Gasteiger charge is -2.13. The second-order valence-electron chi connectivity index (χ2n) is 4.03. The number of ether oxygens (including phenoxy) is 1. The molecule has 18 heavy (non-hydrogen) atoms. The van der Waals surface area contributed by atoms with E-state index in [1.807, 2.05) is 0 Å². The minimum Gasteiger partial charge on any atom is -0.490 e. The lowest BCUT2D eigenvalue weighted by atomic mass is 10.1. The summed E-state index contributed by atoms with van der Waals surface area (Å²) in [6.45, 7) is 5.33. The molecule has 1 rings (SSSR count). The summed E-state index contributed by atoms with van der Waals surface area (Å²) >= 11 is 0. The van der Waals surface area contributed by atoms with E-state index < -0.39 is 16.3 Å². The molecule has 0 heterocycles. The quantitative estimate of drug-likeness (QED) is 0.887. The Hall–Kier alpha value is -1.60. The predicted octanol–water partition coefficient (Wildman–Crippen LogP) is 1.14. The Kier molecular flexibility index (Phi) is 4.31. The Bertz CT molecular complexity index is 551. The van der Waals surface area contributed by atoms with Gasteiger partial charge in [-0.25, -0.2) is 4.79 Å². The van der Waals surface area contributed by atoms with Crippen LogP contribution < -0.4 is 9.88 Å². The van der Waals surface area contributed by atoms with Crippen molar-refractivity contribution in [3.05, 3.63) is 29.3 Å². The number of hydrogen-bond donors (Lipinski definition) is 1. The van der Waals surface area contributed by atoms with Gasteiger partial charge < -0.3 is 8.92 Å². The summed E-state index contributed by atoms with van der Waals surface area (Å²) in [5, 5.41) is 4.65. The van der Waals surface area contributed by atoms with Crippen molar-refractivity contribution in [2.75, 3.05) is 0 Å². The predicted molar refractivity (Wildman–Crippen MR) is 65.5 cm³/mol. The maximum atomic E-state index is 11.7. The first-order chi connectivity index (χ1) is 8.19. The standard InChI is InChI=1S/C11H15NO5S/c1-7(2)16-10-5-4-8(3)6-9(10)11(13)17-18(12,14)15/h4-7H,1-3H3,(H2,12,14,15). The van der Waals surface area contributed by atoms with Gasteiger partial charge in [0.15, 0.2) is 0 Å². The summed E-state index contributed by atoms with van der Waals surface area (Å²) in [7, 11) is -4.33. The summed E-state index contributed by atoms with van der Waals surface area (Å²) < 4.78 is 31.0.